The summed E-state index contributed by atoms with van der Waals surface area (Å²) in [7, 11) is 4.01. The van der Waals surface area contributed by atoms with Gasteiger partial charge in [-0.3, -0.25) is 9.59 Å². The van der Waals surface area contributed by atoms with Gasteiger partial charge in [0.05, 0.1) is 50.0 Å². The van der Waals surface area contributed by atoms with Crippen LogP contribution in [0.1, 0.15) is 31.8 Å². The zero-order chi connectivity index (χ0) is 34.8. The van der Waals surface area contributed by atoms with E-state index in [0.29, 0.717) is 0 Å². The molecule has 0 saturated carbocycles. The van der Waals surface area contributed by atoms with E-state index in [0.717, 1.165) is 44.9 Å². The van der Waals surface area contributed by atoms with Crippen LogP contribution in [0.15, 0.2) is 132 Å². The number of amides is 2. The van der Waals surface area contributed by atoms with Gasteiger partial charge in [0.25, 0.3) is 23.1 Å². The Hall–Kier alpha value is -7.08. The van der Waals surface area contributed by atoms with Crippen molar-refractivity contribution in [3.8, 4) is 34.0 Å². The average molecular weight is 665 g/mol. The molecule has 12 nitrogen and oxygen atoms in total. The summed E-state index contributed by atoms with van der Waals surface area (Å²) in [4.78, 5) is 25.5. The number of phenols is 2. The third kappa shape index (κ3) is 6.04. The monoisotopic (exact) mass is 664 g/mol. The molecule has 3 aromatic carbocycles. The number of nitrogens with zero attached hydrogens (tertiary/aromatic N) is 6. The lowest BCUT2D eigenvalue weighted by molar-refractivity contribution is -0.510. The van der Waals surface area contributed by atoms with Crippen molar-refractivity contribution in [3.63, 3.8) is 0 Å². The number of aromatic nitrogens is 4. The van der Waals surface area contributed by atoms with Crippen LogP contribution < -0.4 is 19.7 Å². The smallest absolute Gasteiger partial charge is 0.286 e. The first-order valence-corrected chi connectivity index (χ1v) is 15.6. The Bertz CT molecular complexity index is 2290. The predicted molar refractivity (Wildman–Crippen MR) is 188 cm³/mol. The highest BCUT2D eigenvalue weighted by Crippen LogP contribution is 2.32. The molecule has 50 heavy (non-hydrogen) atoms. The van der Waals surface area contributed by atoms with Crippen LogP contribution in [-0.2, 0) is 14.1 Å². The van der Waals surface area contributed by atoms with Crippen molar-refractivity contribution < 1.29 is 28.6 Å². The summed E-state index contributed by atoms with van der Waals surface area (Å²) >= 11 is 0. The number of aromatic hydroxyl groups is 2. The third-order valence-corrected chi connectivity index (χ3v) is 8.48. The molecule has 0 saturated heterocycles. The summed E-state index contributed by atoms with van der Waals surface area (Å²) in [5.41, 5.74) is 11.8. The molecule has 0 bridgehead atoms. The van der Waals surface area contributed by atoms with Crippen LogP contribution in [0, 0.1) is 0 Å². The topological polar surface area (TPSA) is 141 Å². The number of phenolic OH excluding ortho intramolecular Hbond substituents is 2. The third-order valence-electron chi connectivity index (χ3n) is 8.48. The van der Waals surface area contributed by atoms with Gasteiger partial charge in [0.15, 0.2) is 22.9 Å². The van der Waals surface area contributed by atoms with Crippen LogP contribution in [0.4, 0.5) is 0 Å². The van der Waals surface area contributed by atoms with Crippen LogP contribution in [0.5, 0.6) is 11.5 Å². The van der Waals surface area contributed by atoms with E-state index in [-0.39, 0.29) is 11.1 Å². The van der Waals surface area contributed by atoms with Crippen LogP contribution in [0.25, 0.3) is 33.8 Å². The van der Waals surface area contributed by atoms with Gasteiger partial charge in [-0.25, -0.2) is 28.8 Å². The fourth-order valence-electron chi connectivity index (χ4n) is 5.78. The molecule has 246 valence electrons. The minimum absolute atomic E-state index is 0.257. The maximum atomic E-state index is 12.7. The zero-order valence-electron chi connectivity index (χ0n) is 27.1. The van der Waals surface area contributed by atoms with Crippen LogP contribution in [0.2, 0.25) is 0 Å². The second-order valence-corrected chi connectivity index (χ2v) is 11.6. The van der Waals surface area contributed by atoms with Gasteiger partial charge in [0.2, 0.25) is 0 Å². The highest BCUT2D eigenvalue weighted by Gasteiger charge is 2.21. The summed E-state index contributed by atoms with van der Waals surface area (Å²) in [5, 5.41) is 29.0. The Kier molecular flexibility index (Phi) is 8.32. The molecular formula is C38H32N8O4+2. The Balaban J connectivity index is 0.956. The van der Waals surface area contributed by atoms with Gasteiger partial charge in [0.1, 0.15) is 12.4 Å². The van der Waals surface area contributed by atoms with Crippen LogP contribution in [-0.4, -0.2) is 43.6 Å². The highest BCUT2D eigenvalue weighted by atomic mass is 16.3. The Labute approximate surface area is 286 Å². The number of carbonyl (C=O) groups is 2. The fourth-order valence-corrected chi connectivity index (χ4v) is 5.78. The molecule has 4 N–H and O–H groups in total. The molecule has 0 radical (unpaired) electrons. The molecule has 0 atom stereocenters. The van der Waals surface area contributed by atoms with E-state index in [4.69, 9.17) is 0 Å². The van der Waals surface area contributed by atoms with Gasteiger partial charge in [0, 0.05) is 23.3 Å². The summed E-state index contributed by atoms with van der Waals surface area (Å²) in [6, 6.07) is 29.7. The highest BCUT2D eigenvalue weighted by molar-refractivity contribution is 6.03. The Morgan fingerprint density at radius 1 is 0.600 bits per heavy atom. The van der Waals surface area contributed by atoms with Crippen LogP contribution >= 0.6 is 0 Å². The summed E-state index contributed by atoms with van der Waals surface area (Å²) in [6.45, 7) is 0. The van der Waals surface area contributed by atoms with Crippen molar-refractivity contribution in [3.05, 3.63) is 144 Å². The summed E-state index contributed by atoms with van der Waals surface area (Å²) in [5.74, 6) is -3.05. The first-order chi connectivity index (χ1) is 24.3. The summed E-state index contributed by atoms with van der Waals surface area (Å²) in [6.07, 6.45) is 11.0. The molecule has 7 aromatic rings. The maximum Gasteiger partial charge on any atom is 0.286 e. The quantitative estimate of drug-likeness (QED) is 0.0840. The molecule has 0 fully saturated rings. The molecule has 7 rings (SSSR count). The molecule has 4 heterocycles. The van der Waals surface area contributed by atoms with Crippen molar-refractivity contribution in [1.29, 1.82) is 0 Å². The van der Waals surface area contributed by atoms with Crippen molar-refractivity contribution in [2.75, 3.05) is 0 Å². The van der Waals surface area contributed by atoms with E-state index in [2.05, 4.69) is 42.6 Å². The molecule has 0 aliphatic carbocycles. The number of hydrogen-bond donors (Lipinski definition) is 4. The molecule has 0 unspecified atom stereocenters. The number of hydrazone groups is 2. The zero-order valence-corrected chi connectivity index (χ0v) is 27.1. The number of pyridine rings is 2. The first-order valence-electron chi connectivity index (χ1n) is 15.6. The number of imidazole rings is 2. The SMILES string of the molecule is Cn1c(-c2ccc(C=NNC(=O)c3ccc(C(=O)NN=Cc4ccc(-c5c[n+]6ccccc6n5C)cc4)c(O)c3O)cc2)c[n+]2ccccc12. The van der Waals surface area contributed by atoms with E-state index in [1.165, 1.54) is 24.6 Å². The lowest BCUT2D eigenvalue weighted by atomic mass is 10.1. The van der Waals surface area contributed by atoms with Crippen molar-refractivity contribution in [2.45, 2.75) is 0 Å². The molecule has 0 aliphatic heterocycles. The van der Waals surface area contributed by atoms with Gasteiger partial charge < -0.3 is 10.2 Å². The van der Waals surface area contributed by atoms with Crippen molar-refractivity contribution in [1.82, 2.24) is 20.0 Å². The number of fused-ring (bicyclic) bond motifs is 2. The normalized spacial score (nSPS) is 11.6. The molecule has 2 amide bonds. The maximum absolute atomic E-state index is 12.7. The first kappa shape index (κ1) is 31.5. The molecule has 4 aromatic heterocycles. The second kappa shape index (κ2) is 13.2. The number of benzene rings is 3. The van der Waals surface area contributed by atoms with Crippen molar-refractivity contribution in [2.24, 2.45) is 24.3 Å². The molecular weight excluding hydrogens is 632 g/mol. The number of nitrogens with one attached hydrogen (secondary N) is 2. The van der Waals surface area contributed by atoms with E-state index < -0.39 is 23.3 Å². The molecule has 0 spiro atoms. The van der Waals surface area contributed by atoms with Gasteiger partial charge >= 0.3 is 0 Å². The number of aryl methyl sites for hydroxylation is 2. The molecule has 0 aliphatic rings. The minimum Gasteiger partial charge on any atom is -0.504 e. The standard InChI is InChI=1S/C38H30N8O4/c1-43-31(23-45-19-5-3-7-33(43)45)27-13-9-25(10-14-27)21-39-41-37(49)29-17-18-30(36(48)35(29)47)38(50)42-40-22-26-11-15-28(16-12-26)32-24-46-20-6-4-8-34(46)44(32)2/h3-24H,1-2H3,(H2-2,41,42,47,48,49,50)/p+2. The Morgan fingerprint density at radius 2 is 1.00 bits per heavy atom. The predicted octanol–water partition coefficient (Wildman–Crippen LogP) is 4.11. The van der Waals surface area contributed by atoms with E-state index in [9.17, 15) is 19.8 Å². The second-order valence-electron chi connectivity index (χ2n) is 11.6. The van der Waals surface area contributed by atoms with Gasteiger partial charge in [-0.15, -0.1) is 0 Å². The number of rotatable bonds is 8. The fraction of sp³-hybridized carbons (Fsp3) is 0.0526. The summed E-state index contributed by atoms with van der Waals surface area (Å²) < 4.78 is 8.29. The minimum atomic E-state index is -0.770. The lowest BCUT2D eigenvalue weighted by Crippen LogP contribution is -2.20. The Morgan fingerprint density at radius 3 is 1.38 bits per heavy atom. The number of hydrogen-bond acceptors (Lipinski definition) is 6. The average Bonchev–Trinajstić information content (AvgIpc) is 3.66. The van der Waals surface area contributed by atoms with Gasteiger partial charge in [-0.05, 0) is 59.7 Å². The van der Waals surface area contributed by atoms with E-state index in [1.54, 1.807) is 0 Å². The lowest BCUT2D eigenvalue weighted by Gasteiger charge is -2.09. The van der Waals surface area contributed by atoms with E-state index in [1.807, 2.05) is 120 Å². The van der Waals surface area contributed by atoms with Gasteiger partial charge in [-0.2, -0.15) is 10.2 Å². The van der Waals surface area contributed by atoms with Gasteiger partial charge in [-0.1, -0.05) is 36.4 Å². The molecule has 12 heteroatoms. The largest absolute Gasteiger partial charge is 0.504 e. The van der Waals surface area contributed by atoms with E-state index >= 15 is 0 Å². The number of carbonyl (C=O) groups excluding carboxylic acids is 2. The van der Waals surface area contributed by atoms with Crippen molar-refractivity contribution >= 4 is 35.5 Å². The van der Waals surface area contributed by atoms with Crippen LogP contribution in [0.3, 0.4) is 0 Å².